The molecule has 0 spiro atoms. The van der Waals surface area contributed by atoms with Crippen LogP contribution in [-0.4, -0.2) is 40.2 Å². The smallest absolute Gasteiger partial charge is 0.223 e. The minimum atomic E-state index is -0.197. The number of rotatable bonds is 7. The third kappa shape index (κ3) is 5.58. The molecule has 7 heteroatoms. The maximum absolute atomic E-state index is 12.5. The number of aliphatic hydroxyl groups excluding tert-OH is 1. The molecule has 0 atom stereocenters. The van der Waals surface area contributed by atoms with E-state index in [-0.39, 0.29) is 18.5 Å². The number of nitrogens with zero attached hydrogens (tertiary/aromatic N) is 3. The van der Waals surface area contributed by atoms with Crippen molar-refractivity contribution < 1.29 is 19.2 Å². The van der Waals surface area contributed by atoms with Crippen LogP contribution in [0.2, 0.25) is 0 Å². The third-order valence-corrected chi connectivity index (χ3v) is 5.23. The van der Waals surface area contributed by atoms with Gasteiger partial charge in [0.15, 0.2) is 12.4 Å². The van der Waals surface area contributed by atoms with Gasteiger partial charge in [-0.3, -0.25) is 4.79 Å². The van der Waals surface area contributed by atoms with Crippen LogP contribution in [-0.2, 0) is 6.61 Å². The molecule has 0 aliphatic carbocycles. The minimum Gasteiger partial charge on any atom is -0.485 e. The van der Waals surface area contributed by atoms with E-state index < -0.39 is 0 Å². The number of carbonyl (C=O) groups excluding carboxylic acids is 1. The Morgan fingerprint density at radius 2 is 1.87 bits per heavy atom. The number of carbonyl (C=O) groups is 1. The van der Waals surface area contributed by atoms with Crippen molar-refractivity contribution in [1.29, 1.82) is 0 Å². The normalized spacial score (nSPS) is 14.8. The van der Waals surface area contributed by atoms with Crippen LogP contribution in [0.4, 0.5) is 5.69 Å². The molecule has 1 N–H and O–H groups in total. The van der Waals surface area contributed by atoms with Gasteiger partial charge >= 0.3 is 0 Å². The number of hydrogen-bond donors (Lipinski definition) is 1. The highest BCUT2D eigenvalue weighted by atomic mass is 16.5. The summed E-state index contributed by atoms with van der Waals surface area (Å²) in [6, 6.07) is 15.1. The van der Waals surface area contributed by atoms with Gasteiger partial charge in [-0.05, 0) is 60.9 Å². The van der Waals surface area contributed by atoms with Gasteiger partial charge in [-0.25, -0.2) is 0 Å². The number of benzene rings is 2. The second-order valence-electron chi connectivity index (χ2n) is 7.55. The summed E-state index contributed by atoms with van der Waals surface area (Å²) >= 11 is 0. The molecule has 31 heavy (non-hydrogen) atoms. The van der Waals surface area contributed by atoms with E-state index in [9.17, 15) is 9.90 Å². The van der Waals surface area contributed by atoms with Crippen molar-refractivity contribution in [2.75, 3.05) is 18.0 Å². The van der Waals surface area contributed by atoms with Crippen LogP contribution in [0.3, 0.4) is 0 Å². The Kier molecular flexibility index (Phi) is 6.43. The first-order chi connectivity index (χ1) is 15.1. The largest absolute Gasteiger partial charge is 0.485 e. The molecule has 4 rings (SSSR count). The average Bonchev–Trinajstić information content (AvgIpc) is 3.22. The molecule has 2 aromatic carbocycles. The molecule has 7 nitrogen and oxygen atoms in total. The second-order valence-corrected chi connectivity index (χ2v) is 7.55. The lowest BCUT2D eigenvalue weighted by atomic mass is 10.1. The molecule has 0 saturated carbocycles. The maximum Gasteiger partial charge on any atom is 0.223 e. The Hall–Kier alpha value is -3.45. The fraction of sp³-hybridized carbons (Fsp3) is 0.292. The molecule has 1 aromatic heterocycles. The summed E-state index contributed by atoms with van der Waals surface area (Å²) in [4.78, 5) is 18.8. The van der Waals surface area contributed by atoms with Gasteiger partial charge in [0, 0.05) is 31.3 Å². The van der Waals surface area contributed by atoms with E-state index >= 15 is 0 Å². The summed E-state index contributed by atoms with van der Waals surface area (Å²) in [5, 5.41) is 13.4. The van der Waals surface area contributed by atoms with Gasteiger partial charge < -0.3 is 19.3 Å². The zero-order valence-corrected chi connectivity index (χ0v) is 17.4. The zero-order chi connectivity index (χ0) is 21.6. The SMILES string of the molecule is Cc1nc(COc2ccc(C=CC(=O)c3ccc(N4CCC(O)CC4)cc3)cc2)no1. The van der Waals surface area contributed by atoms with E-state index in [1.165, 1.54) is 0 Å². The van der Waals surface area contributed by atoms with E-state index in [2.05, 4.69) is 15.0 Å². The van der Waals surface area contributed by atoms with Gasteiger partial charge in [-0.15, -0.1) is 0 Å². The predicted molar refractivity (Wildman–Crippen MR) is 117 cm³/mol. The number of allylic oxidation sites excluding steroid dienone is 1. The van der Waals surface area contributed by atoms with Gasteiger partial charge in [-0.1, -0.05) is 23.4 Å². The molecule has 0 bridgehead atoms. The van der Waals surface area contributed by atoms with Crippen LogP contribution in [0.1, 0.15) is 40.5 Å². The lowest BCUT2D eigenvalue weighted by Gasteiger charge is -2.31. The molecule has 1 aliphatic rings. The van der Waals surface area contributed by atoms with Gasteiger partial charge in [0.2, 0.25) is 11.7 Å². The first-order valence-electron chi connectivity index (χ1n) is 10.3. The third-order valence-electron chi connectivity index (χ3n) is 5.23. The second kappa shape index (κ2) is 9.57. The summed E-state index contributed by atoms with van der Waals surface area (Å²) in [5.74, 6) is 1.64. The van der Waals surface area contributed by atoms with Gasteiger partial charge in [0.25, 0.3) is 0 Å². The predicted octanol–water partition coefficient (Wildman–Crippen LogP) is 3.81. The fourth-order valence-electron chi connectivity index (χ4n) is 3.45. The Morgan fingerprint density at radius 3 is 2.52 bits per heavy atom. The maximum atomic E-state index is 12.5. The Labute approximate surface area is 181 Å². The minimum absolute atomic E-state index is 0.0478. The average molecular weight is 419 g/mol. The molecule has 0 amide bonds. The van der Waals surface area contributed by atoms with E-state index in [0.29, 0.717) is 23.0 Å². The topological polar surface area (TPSA) is 88.7 Å². The standard InChI is InChI=1S/C24H25N3O4/c1-17-25-24(26-31-17)16-30-22-9-2-18(3-10-22)4-11-23(29)19-5-7-20(8-6-19)27-14-12-21(28)13-15-27/h2-11,21,28H,12-16H2,1H3. The Bertz CT molecular complexity index is 1030. The molecule has 1 aliphatic heterocycles. The number of anilines is 1. The molecule has 1 fully saturated rings. The van der Waals surface area contributed by atoms with Crippen molar-refractivity contribution in [3.05, 3.63) is 77.4 Å². The number of aromatic nitrogens is 2. The van der Waals surface area contributed by atoms with Crippen LogP contribution in [0.5, 0.6) is 5.75 Å². The van der Waals surface area contributed by atoms with Crippen LogP contribution >= 0.6 is 0 Å². The Balaban J connectivity index is 1.31. The van der Waals surface area contributed by atoms with Gasteiger partial charge in [0.05, 0.1) is 6.10 Å². The van der Waals surface area contributed by atoms with Crippen molar-refractivity contribution in [2.45, 2.75) is 32.5 Å². The van der Waals surface area contributed by atoms with Crippen LogP contribution in [0.15, 0.2) is 59.1 Å². The molecule has 1 saturated heterocycles. The monoisotopic (exact) mass is 419 g/mol. The van der Waals surface area contributed by atoms with E-state index in [1.54, 1.807) is 19.1 Å². The number of ether oxygens (including phenoxy) is 1. The van der Waals surface area contributed by atoms with Crippen molar-refractivity contribution in [3.63, 3.8) is 0 Å². The lowest BCUT2D eigenvalue weighted by molar-refractivity contribution is 0.104. The zero-order valence-electron chi connectivity index (χ0n) is 17.4. The quantitative estimate of drug-likeness (QED) is 0.460. The molecular weight excluding hydrogens is 394 g/mol. The molecule has 0 unspecified atom stereocenters. The molecular formula is C24H25N3O4. The highest BCUT2D eigenvalue weighted by Gasteiger charge is 2.17. The van der Waals surface area contributed by atoms with E-state index in [1.807, 2.05) is 48.5 Å². The Morgan fingerprint density at radius 1 is 1.16 bits per heavy atom. The summed E-state index contributed by atoms with van der Waals surface area (Å²) in [6.07, 6.45) is 4.73. The van der Waals surface area contributed by atoms with Crippen molar-refractivity contribution in [1.82, 2.24) is 10.1 Å². The van der Waals surface area contributed by atoms with Gasteiger partial charge in [0.1, 0.15) is 5.75 Å². The molecule has 2 heterocycles. The van der Waals surface area contributed by atoms with E-state index in [4.69, 9.17) is 9.26 Å². The van der Waals surface area contributed by atoms with E-state index in [0.717, 1.165) is 37.2 Å². The van der Waals surface area contributed by atoms with Crippen LogP contribution in [0, 0.1) is 6.92 Å². The van der Waals surface area contributed by atoms with Crippen molar-refractivity contribution in [3.8, 4) is 5.75 Å². The number of ketones is 1. The van der Waals surface area contributed by atoms with Crippen LogP contribution in [0.25, 0.3) is 6.08 Å². The lowest BCUT2D eigenvalue weighted by Crippen LogP contribution is -2.35. The van der Waals surface area contributed by atoms with Gasteiger partial charge in [-0.2, -0.15) is 4.98 Å². The van der Waals surface area contributed by atoms with Crippen molar-refractivity contribution in [2.24, 2.45) is 0 Å². The summed E-state index contributed by atoms with van der Waals surface area (Å²) in [5.41, 5.74) is 2.63. The summed E-state index contributed by atoms with van der Waals surface area (Å²) in [7, 11) is 0. The molecule has 160 valence electrons. The fourth-order valence-corrected chi connectivity index (χ4v) is 3.45. The highest BCUT2D eigenvalue weighted by molar-refractivity contribution is 6.07. The van der Waals surface area contributed by atoms with Crippen LogP contribution < -0.4 is 9.64 Å². The number of piperidine rings is 1. The first kappa shape index (κ1) is 20.8. The molecule has 3 aromatic rings. The number of aryl methyl sites for hydroxylation is 1. The first-order valence-corrected chi connectivity index (χ1v) is 10.3. The number of aliphatic hydroxyl groups is 1. The number of hydrogen-bond acceptors (Lipinski definition) is 7. The highest BCUT2D eigenvalue weighted by Crippen LogP contribution is 2.21. The summed E-state index contributed by atoms with van der Waals surface area (Å²) in [6.45, 7) is 3.64. The molecule has 0 radical (unpaired) electrons. The van der Waals surface area contributed by atoms with Crippen molar-refractivity contribution >= 4 is 17.5 Å². The summed E-state index contributed by atoms with van der Waals surface area (Å²) < 4.78 is 10.5.